The third-order valence-corrected chi connectivity index (χ3v) is 4.97. The summed E-state index contributed by atoms with van der Waals surface area (Å²) in [6.45, 7) is 0.393. The highest BCUT2D eigenvalue weighted by Gasteiger charge is 2.22. The average Bonchev–Trinajstić information content (AvgIpc) is 3.38. The molecule has 7 nitrogen and oxygen atoms in total. The van der Waals surface area contributed by atoms with E-state index in [-0.39, 0.29) is 5.97 Å². The number of aryl methyl sites for hydroxylation is 1. The van der Waals surface area contributed by atoms with E-state index in [1.54, 1.807) is 25.3 Å². The van der Waals surface area contributed by atoms with E-state index < -0.39 is 0 Å². The van der Waals surface area contributed by atoms with Crippen molar-refractivity contribution >= 4 is 5.97 Å². The number of aromatic nitrogens is 4. The minimum atomic E-state index is -0.363. The zero-order valence-electron chi connectivity index (χ0n) is 15.0. The molecule has 1 unspecified atom stereocenters. The summed E-state index contributed by atoms with van der Waals surface area (Å²) in [6.07, 6.45) is 4.49. The summed E-state index contributed by atoms with van der Waals surface area (Å²) in [5.74, 6) is 0.668. The quantitative estimate of drug-likeness (QED) is 0.626. The van der Waals surface area contributed by atoms with Crippen molar-refractivity contribution in [1.82, 2.24) is 20.2 Å². The van der Waals surface area contributed by atoms with Crippen LogP contribution < -0.4 is 4.74 Å². The molecule has 2 aromatic carbocycles. The van der Waals surface area contributed by atoms with Crippen LogP contribution in [-0.4, -0.2) is 39.9 Å². The largest absolute Gasteiger partial charge is 0.494 e. The molecule has 3 aromatic rings. The Kier molecular flexibility index (Phi) is 4.82. The molecule has 0 radical (unpaired) electrons. The maximum absolute atomic E-state index is 12.5. The van der Waals surface area contributed by atoms with Crippen molar-refractivity contribution in [2.24, 2.45) is 0 Å². The molecule has 4 rings (SSSR count). The number of nitrogens with zero attached hydrogens (tertiary/aromatic N) is 4. The molecular weight excluding hydrogens is 344 g/mol. The second-order valence-electron chi connectivity index (χ2n) is 6.50. The van der Waals surface area contributed by atoms with E-state index in [1.807, 2.05) is 0 Å². The minimum Gasteiger partial charge on any atom is -0.494 e. The Labute approximate surface area is 156 Å². The monoisotopic (exact) mass is 364 g/mol. The van der Waals surface area contributed by atoms with Crippen LogP contribution in [0.15, 0.2) is 48.8 Å². The molecule has 0 saturated heterocycles. The molecule has 0 spiro atoms. The first kappa shape index (κ1) is 17.2. The van der Waals surface area contributed by atoms with Crippen LogP contribution in [0.2, 0.25) is 0 Å². The summed E-state index contributed by atoms with van der Waals surface area (Å²) in [5, 5.41) is 11.1. The number of hydrogen-bond donors (Lipinski definition) is 0. The lowest BCUT2D eigenvalue weighted by molar-refractivity contribution is 0.0493. The number of hydrogen-bond acceptors (Lipinski definition) is 6. The molecule has 1 aliphatic rings. The summed E-state index contributed by atoms with van der Waals surface area (Å²) in [4.78, 5) is 12.5. The molecule has 1 atom stereocenters. The van der Waals surface area contributed by atoms with Gasteiger partial charge in [0.25, 0.3) is 0 Å². The number of carbonyl (C=O) groups is 1. The van der Waals surface area contributed by atoms with Crippen molar-refractivity contribution < 1.29 is 14.3 Å². The van der Waals surface area contributed by atoms with E-state index in [2.05, 4.69) is 39.8 Å². The van der Waals surface area contributed by atoms with Crippen LogP contribution in [0.4, 0.5) is 0 Å². The molecule has 1 aromatic heterocycles. The van der Waals surface area contributed by atoms with Gasteiger partial charge in [-0.25, -0.2) is 4.79 Å². The maximum atomic E-state index is 12.5. The predicted molar refractivity (Wildman–Crippen MR) is 98.1 cm³/mol. The molecule has 0 saturated carbocycles. The highest BCUT2D eigenvalue weighted by Crippen LogP contribution is 2.35. The predicted octanol–water partition coefficient (Wildman–Crippen LogP) is 2.95. The molecule has 138 valence electrons. The second kappa shape index (κ2) is 7.57. The highest BCUT2D eigenvalue weighted by atomic mass is 16.5. The Bertz CT molecular complexity index is 940. The molecule has 27 heavy (non-hydrogen) atoms. The SMILES string of the molecule is COc1ccc(C(=O)OCCC2CCc3ccccc32)cc1-n1cnnn1. The summed E-state index contributed by atoms with van der Waals surface area (Å²) in [7, 11) is 1.56. The summed E-state index contributed by atoms with van der Waals surface area (Å²) in [5.41, 5.74) is 3.82. The van der Waals surface area contributed by atoms with E-state index in [9.17, 15) is 4.79 Å². The average molecular weight is 364 g/mol. The fourth-order valence-corrected chi connectivity index (χ4v) is 3.59. The lowest BCUT2D eigenvalue weighted by Crippen LogP contribution is -2.10. The van der Waals surface area contributed by atoms with E-state index in [4.69, 9.17) is 9.47 Å². The van der Waals surface area contributed by atoms with Crippen LogP contribution in [0, 0.1) is 0 Å². The third kappa shape index (κ3) is 3.53. The van der Waals surface area contributed by atoms with Gasteiger partial charge in [-0.3, -0.25) is 0 Å². The zero-order chi connectivity index (χ0) is 18.6. The minimum absolute atomic E-state index is 0.363. The molecule has 0 amide bonds. The second-order valence-corrected chi connectivity index (χ2v) is 6.50. The smallest absolute Gasteiger partial charge is 0.338 e. The number of fused-ring (bicyclic) bond motifs is 1. The van der Waals surface area contributed by atoms with Crippen LogP contribution in [0.3, 0.4) is 0 Å². The lowest BCUT2D eigenvalue weighted by atomic mass is 9.98. The molecule has 1 heterocycles. The molecule has 7 heteroatoms. The Morgan fingerprint density at radius 3 is 2.96 bits per heavy atom. The maximum Gasteiger partial charge on any atom is 0.338 e. The summed E-state index contributed by atoms with van der Waals surface area (Å²) >= 11 is 0. The van der Waals surface area contributed by atoms with Crippen molar-refractivity contribution in [3.63, 3.8) is 0 Å². The van der Waals surface area contributed by atoms with E-state index in [1.165, 1.54) is 22.1 Å². The summed E-state index contributed by atoms with van der Waals surface area (Å²) < 4.78 is 12.3. The first-order valence-corrected chi connectivity index (χ1v) is 8.92. The van der Waals surface area contributed by atoms with Gasteiger partial charge in [0.05, 0.1) is 19.3 Å². The number of esters is 1. The number of carbonyl (C=O) groups excluding carboxylic acids is 1. The standard InChI is InChI=1S/C20H20N4O3/c1-26-19-9-8-16(12-18(19)24-13-21-22-23-24)20(25)27-11-10-15-7-6-14-4-2-3-5-17(14)15/h2-5,8-9,12-13,15H,6-7,10-11H2,1H3. The van der Waals surface area contributed by atoms with Crippen molar-refractivity contribution in [2.75, 3.05) is 13.7 Å². The fourth-order valence-electron chi connectivity index (χ4n) is 3.59. The molecule has 0 fully saturated rings. The van der Waals surface area contributed by atoms with Crippen molar-refractivity contribution in [3.8, 4) is 11.4 Å². The molecule has 1 aliphatic carbocycles. The topological polar surface area (TPSA) is 79.1 Å². The van der Waals surface area contributed by atoms with Gasteiger partial charge in [0.15, 0.2) is 0 Å². The van der Waals surface area contributed by atoms with Crippen molar-refractivity contribution in [1.29, 1.82) is 0 Å². The molecule has 0 N–H and O–H groups in total. The van der Waals surface area contributed by atoms with Crippen LogP contribution in [0.1, 0.15) is 40.2 Å². The Balaban J connectivity index is 1.41. The zero-order valence-corrected chi connectivity index (χ0v) is 15.0. The van der Waals surface area contributed by atoms with Crippen LogP contribution in [0.5, 0.6) is 5.75 Å². The first-order valence-electron chi connectivity index (χ1n) is 8.92. The van der Waals surface area contributed by atoms with Gasteiger partial charge in [-0.05, 0) is 64.9 Å². The van der Waals surface area contributed by atoms with Crippen LogP contribution >= 0.6 is 0 Å². The van der Waals surface area contributed by atoms with Gasteiger partial charge in [-0.15, -0.1) is 5.10 Å². The first-order chi connectivity index (χ1) is 13.3. The normalized spacial score (nSPS) is 15.4. The van der Waals surface area contributed by atoms with E-state index in [0.717, 1.165) is 19.3 Å². The van der Waals surface area contributed by atoms with Gasteiger partial charge in [0, 0.05) is 0 Å². The van der Waals surface area contributed by atoms with Gasteiger partial charge in [-0.1, -0.05) is 24.3 Å². The molecular formula is C20H20N4O3. The van der Waals surface area contributed by atoms with Crippen molar-refractivity contribution in [2.45, 2.75) is 25.2 Å². The fraction of sp³-hybridized carbons (Fsp3) is 0.300. The number of benzene rings is 2. The van der Waals surface area contributed by atoms with Crippen molar-refractivity contribution in [3.05, 3.63) is 65.5 Å². The van der Waals surface area contributed by atoms with Crippen LogP contribution in [0.25, 0.3) is 5.69 Å². The number of rotatable bonds is 6. The lowest BCUT2D eigenvalue weighted by Gasteiger charge is -2.13. The summed E-state index contributed by atoms with van der Waals surface area (Å²) in [6, 6.07) is 13.6. The number of ether oxygens (including phenoxy) is 2. The Hall–Kier alpha value is -3.22. The van der Waals surface area contributed by atoms with Gasteiger partial charge < -0.3 is 9.47 Å². The van der Waals surface area contributed by atoms with Gasteiger partial charge >= 0.3 is 5.97 Å². The number of methoxy groups -OCH3 is 1. The number of tetrazole rings is 1. The van der Waals surface area contributed by atoms with E-state index in [0.29, 0.717) is 29.5 Å². The van der Waals surface area contributed by atoms with Gasteiger partial charge in [0.2, 0.25) is 0 Å². The van der Waals surface area contributed by atoms with Gasteiger partial charge in [0.1, 0.15) is 17.8 Å². The molecule has 0 aliphatic heterocycles. The highest BCUT2D eigenvalue weighted by molar-refractivity contribution is 5.90. The Morgan fingerprint density at radius 1 is 1.26 bits per heavy atom. The van der Waals surface area contributed by atoms with E-state index >= 15 is 0 Å². The Morgan fingerprint density at radius 2 is 2.15 bits per heavy atom. The van der Waals surface area contributed by atoms with Crippen LogP contribution in [-0.2, 0) is 11.2 Å². The van der Waals surface area contributed by atoms with Gasteiger partial charge in [-0.2, -0.15) is 4.68 Å². The molecule has 0 bridgehead atoms. The third-order valence-electron chi connectivity index (χ3n) is 4.97.